The Kier molecular flexibility index (Phi) is 5.69. The van der Waals surface area contributed by atoms with Gasteiger partial charge < -0.3 is 10.1 Å². The van der Waals surface area contributed by atoms with Crippen molar-refractivity contribution in [2.45, 2.75) is 17.9 Å². The quantitative estimate of drug-likeness (QED) is 0.663. The molecule has 0 aliphatic rings. The molecule has 1 atom stereocenters. The number of pyridine rings is 1. The summed E-state index contributed by atoms with van der Waals surface area (Å²) in [7, 11) is 1.62. The van der Waals surface area contributed by atoms with Gasteiger partial charge in [0.1, 0.15) is 16.6 Å². The summed E-state index contributed by atoms with van der Waals surface area (Å²) in [4.78, 5) is 17.3. The van der Waals surface area contributed by atoms with Gasteiger partial charge in [-0.05, 0) is 43.0 Å². The van der Waals surface area contributed by atoms with Gasteiger partial charge in [-0.25, -0.2) is 4.98 Å². The minimum absolute atomic E-state index is 0.145. The van der Waals surface area contributed by atoms with Crippen molar-refractivity contribution >= 4 is 29.3 Å². The SMILES string of the molecule is COc1ccc([C@@H](C)NC(=O)c2nc(Cl)ccc2SC)cc1. The molecule has 1 heterocycles. The number of methoxy groups -OCH3 is 1. The van der Waals surface area contributed by atoms with Gasteiger partial charge in [-0.1, -0.05) is 23.7 Å². The topological polar surface area (TPSA) is 51.2 Å². The smallest absolute Gasteiger partial charge is 0.271 e. The third kappa shape index (κ3) is 3.93. The second kappa shape index (κ2) is 7.51. The van der Waals surface area contributed by atoms with Crippen LogP contribution in [0, 0.1) is 0 Å². The zero-order valence-electron chi connectivity index (χ0n) is 12.6. The molecule has 116 valence electrons. The lowest BCUT2D eigenvalue weighted by Gasteiger charge is -2.15. The number of hydrogen-bond acceptors (Lipinski definition) is 4. The largest absolute Gasteiger partial charge is 0.497 e. The number of thioether (sulfide) groups is 1. The maximum Gasteiger partial charge on any atom is 0.271 e. The van der Waals surface area contributed by atoms with E-state index in [-0.39, 0.29) is 11.9 Å². The van der Waals surface area contributed by atoms with Gasteiger partial charge in [-0.2, -0.15) is 0 Å². The maximum absolute atomic E-state index is 12.4. The van der Waals surface area contributed by atoms with Crippen LogP contribution in [0.4, 0.5) is 0 Å². The highest BCUT2D eigenvalue weighted by atomic mass is 35.5. The predicted octanol–water partition coefficient (Wildman–Crippen LogP) is 3.96. The van der Waals surface area contributed by atoms with E-state index in [1.54, 1.807) is 19.2 Å². The molecule has 1 aromatic heterocycles. The van der Waals surface area contributed by atoms with E-state index in [2.05, 4.69) is 10.3 Å². The van der Waals surface area contributed by atoms with Crippen LogP contribution in [0.15, 0.2) is 41.3 Å². The summed E-state index contributed by atoms with van der Waals surface area (Å²) in [5, 5.41) is 3.24. The van der Waals surface area contributed by atoms with Gasteiger partial charge in [0.25, 0.3) is 5.91 Å². The van der Waals surface area contributed by atoms with Gasteiger partial charge in [0.2, 0.25) is 0 Å². The number of hydrogen-bond donors (Lipinski definition) is 1. The summed E-state index contributed by atoms with van der Waals surface area (Å²) in [6.07, 6.45) is 1.90. The fraction of sp³-hybridized carbons (Fsp3) is 0.250. The van der Waals surface area contributed by atoms with Crippen LogP contribution in [-0.2, 0) is 0 Å². The van der Waals surface area contributed by atoms with E-state index in [1.165, 1.54) is 11.8 Å². The van der Waals surface area contributed by atoms with Crippen molar-refractivity contribution in [1.29, 1.82) is 0 Å². The number of ether oxygens (including phenoxy) is 1. The predicted molar refractivity (Wildman–Crippen MR) is 89.9 cm³/mol. The first kappa shape index (κ1) is 16.6. The lowest BCUT2D eigenvalue weighted by atomic mass is 10.1. The zero-order valence-corrected chi connectivity index (χ0v) is 14.2. The van der Waals surface area contributed by atoms with Gasteiger partial charge in [0, 0.05) is 4.90 Å². The van der Waals surface area contributed by atoms with E-state index in [1.807, 2.05) is 37.4 Å². The average Bonchev–Trinajstić information content (AvgIpc) is 2.54. The first-order valence-corrected chi connectivity index (χ1v) is 8.30. The molecule has 1 aromatic carbocycles. The molecular weight excluding hydrogens is 320 g/mol. The molecule has 22 heavy (non-hydrogen) atoms. The number of carbonyl (C=O) groups is 1. The van der Waals surface area contributed by atoms with E-state index >= 15 is 0 Å². The molecule has 2 aromatic rings. The van der Waals surface area contributed by atoms with Crippen molar-refractivity contribution in [2.24, 2.45) is 0 Å². The molecule has 0 saturated carbocycles. The van der Waals surface area contributed by atoms with Crippen molar-refractivity contribution < 1.29 is 9.53 Å². The van der Waals surface area contributed by atoms with Crippen LogP contribution in [0.2, 0.25) is 5.15 Å². The van der Waals surface area contributed by atoms with Gasteiger partial charge in [-0.15, -0.1) is 11.8 Å². The normalized spacial score (nSPS) is 11.8. The van der Waals surface area contributed by atoms with Crippen molar-refractivity contribution in [1.82, 2.24) is 10.3 Å². The third-order valence-electron chi connectivity index (χ3n) is 3.22. The monoisotopic (exact) mass is 336 g/mol. The molecule has 4 nitrogen and oxygen atoms in total. The lowest BCUT2D eigenvalue weighted by molar-refractivity contribution is 0.0931. The Hall–Kier alpha value is -1.72. The highest BCUT2D eigenvalue weighted by Crippen LogP contribution is 2.22. The lowest BCUT2D eigenvalue weighted by Crippen LogP contribution is -2.28. The number of aromatic nitrogens is 1. The second-order valence-electron chi connectivity index (χ2n) is 4.65. The van der Waals surface area contributed by atoms with Crippen LogP contribution in [0.5, 0.6) is 5.75 Å². The minimum Gasteiger partial charge on any atom is -0.497 e. The van der Waals surface area contributed by atoms with E-state index < -0.39 is 0 Å². The van der Waals surface area contributed by atoms with E-state index in [9.17, 15) is 4.79 Å². The number of halogens is 1. The van der Waals surface area contributed by atoms with Gasteiger partial charge in [0.15, 0.2) is 0 Å². The molecule has 6 heteroatoms. The van der Waals surface area contributed by atoms with E-state index in [0.29, 0.717) is 10.8 Å². The van der Waals surface area contributed by atoms with Crippen LogP contribution in [-0.4, -0.2) is 24.3 Å². The number of carbonyl (C=O) groups excluding carboxylic acids is 1. The summed E-state index contributed by atoms with van der Waals surface area (Å²) >= 11 is 7.35. The Bertz CT molecular complexity index is 662. The third-order valence-corrected chi connectivity index (χ3v) is 4.20. The highest BCUT2D eigenvalue weighted by Gasteiger charge is 2.16. The fourth-order valence-electron chi connectivity index (χ4n) is 1.99. The first-order chi connectivity index (χ1) is 10.5. The van der Waals surface area contributed by atoms with Crippen LogP contribution < -0.4 is 10.1 Å². The Labute approximate surface area is 139 Å². The van der Waals surface area contributed by atoms with Crippen molar-refractivity contribution in [3.8, 4) is 5.75 Å². The standard InChI is InChI=1S/C16H17ClN2O2S/c1-10(11-4-6-12(21-2)7-5-11)18-16(20)15-13(22-3)8-9-14(17)19-15/h4-10H,1-3H3,(H,18,20)/t10-/m1/s1. The maximum atomic E-state index is 12.4. The van der Waals surface area contributed by atoms with Crippen molar-refractivity contribution in [3.05, 3.63) is 52.8 Å². The number of benzene rings is 1. The van der Waals surface area contributed by atoms with Gasteiger partial charge in [0.05, 0.1) is 13.2 Å². The molecule has 2 rings (SSSR count). The molecule has 0 radical (unpaired) electrons. The summed E-state index contributed by atoms with van der Waals surface area (Å²) in [5.74, 6) is 0.540. The summed E-state index contributed by atoms with van der Waals surface area (Å²) in [5.41, 5.74) is 1.34. The number of nitrogens with zero attached hydrogens (tertiary/aromatic N) is 1. The molecule has 1 amide bonds. The van der Waals surface area contributed by atoms with Gasteiger partial charge >= 0.3 is 0 Å². The Morgan fingerprint density at radius 3 is 2.55 bits per heavy atom. The van der Waals surface area contributed by atoms with E-state index in [0.717, 1.165) is 16.2 Å². The molecule has 1 N–H and O–H groups in total. The first-order valence-electron chi connectivity index (χ1n) is 6.70. The molecule has 0 fully saturated rings. The molecule has 0 saturated heterocycles. The molecule has 0 aliphatic heterocycles. The Morgan fingerprint density at radius 1 is 1.27 bits per heavy atom. The van der Waals surface area contributed by atoms with Crippen molar-refractivity contribution in [3.63, 3.8) is 0 Å². The average molecular weight is 337 g/mol. The molecule has 0 spiro atoms. The highest BCUT2D eigenvalue weighted by molar-refractivity contribution is 7.98. The Balaban J connectivity index is 2.15. The summed E-state index contributed by atoms with van der Waals surface area (Å²) in [6, 6.07) is 10.9. The van der Waals surface area contributed by atoms with Crippen LogP contribution >= 0.6 is 23.4 Å². The summed E-state index contributed by atoms with van der Waals surface area (Å²) < 4.78 is 5.13. The minimum atomic E-state index is -0.241. The molecule has 0 unspecified atom stereocenters. The zero-order chi connectivity index (χ0) is 16.1. The molecular formula is C16H17ClN2O2S. The number of amides is 1. The summed E-state index contributed by atoms with van der Waals surface area (Å²) in [6.45, 7) is 1.92. The fourth-order valence-corrected chi connectivity index (χ4v) is 2.67. The molecule has 0 aliphatic carbocycles. The van der Waals surface area contributed by atoms with Crippen LogP contribution in [0.1, 0.15) is 29.0 Å². The number of nitrogens with one attached hydrogen (secondary N) is 1. The second-order valence-corrected chi connectivity index (χ2v) is 5.89. The van der Waals surface area contributed by atoms with Crippen molar-refractivity contribution in [2.75, 3.05) is 13.4 Å². The van der Waals surface area contributed by atoms with Gasteiger partial charge in [-0.3, -0.25) is 4.79 Å². The van der Waals surface area contributed by atoms with Crippen LogP contribution in [0.25, 0.3) is 0 Å². The van der Waals surface area contributed by atoms with E-state index in [4.69, 9.17) is 16.3 Å². The number of rotatable bonds is 5. The van der Waals surface area contributed by atoms with Crippen LogP contribution in [0.3, 0.4) is 0 Å². The Morgan fingerprint density at radius 2 is 1.95 bits per heavy atom. The molecule has 0 bridgehead atoms.